The van der Waals surface area contributed by atoms with Crippen LogP contribution in [0.5, 0.6) is 11.5 Å². The molecule has 0 bridgehead atoms. The molecule has 0 atom stereocenters. The van der Waals surface area contributed by atoms with E-state index in [0.717, 1.165) is 0 Å². The van der Waals surface area contributed by atoms with Crippen LogP contribution in [0.1, 0.15) is 73.4 Å². The number of aromatic hydroxyl groups is 2. The van der Waals surface area contributed by atoms with E-state index in [1.807, 2.05) is 0 Å². The van der Waals surface area contributed by atoms with E-state index in [1.54, 1.807) is 90.1 Å². The van der Waals surface area contributed by atoms with Crippen molar-refractivity contribution in [1.82, 2.24) is 0 Å². The molecule has 0 aliphatic heterocycles. The minimum atomic E-state index is -0.645. The quantitative estimate of drug-likeness (QED) is 0.285. The molecule has 38 heavy (non-hydrogen) atoms. The van der Waals surface area contributed by atoms with Crippen molar-refractivity contribution >= 4 is 35.7 Å². The molecule has 3 aromatic rings. The third kappa shape index (κ3) is 8.03. The molecule has 8 nitrogen and oxygen atoms in total. The van der Waals surface area contributed by atoms with Crippen LogP contribution in [0.3, 0.4) is 0 Å². The number of esters is 2. The maximum atomic E-state index is 12.2. The van der Waals surface area contributed by atoms with E-state index in [4.69, 9.17) is 9.47 Å². The first-order chi connectivity index (χ1) is 17.7. The summed E-state index contributed by atoms with van der Waals surface area (Å²) in [6.07, 6.45) is 2.94. The van der Waals surface area contributed by atoms with Crippen LogP contribution in [0, 0.1) is 0 Å². The van der Waals surface area contributed by atoms with Crippen LogP contribution < -0.4 is 0 Å². The number of phenols is 2. The fourth-order valence-corrected chi connectivity index (χ4v) is 3.19. The summed E-state index contributed by atoms with van der Waals surface area (Å²) in [6, 6.07) is 16.0. The van der Waals surface area contributed by atoms with Crippen LogP contribution in [0.2, 0.25) is 0 Å². The van der Waals surface area contributed by atoms with Gasteiger partial charge in [-0.05, 0) is 90.1 Å². The summed E-state index contributed by atoms with van der Waals surface area (Å²) in [5, 5.41) is 20.8. The largest absolute Gasteiger partial charge is 0.507 e. The normalized spacial score (nSPS) is 12.2. The summed E-state index contributed by atoms with van der Waals surface area (Å²) in [7, 11) is 0. The Morgan fingerprint density at radius 3 is 1.34 bits per heavy atom. The highest BCUT2D eigenvalue weighted by Gasteiger charge is 2.19. The third-order valence-electron chi connectivity index (χ3n) is 4.90. The first kappa shape index (κ1) is 28.1. The standard InChI is InChI=1S/C30H32N2O6/c1-29(2,3)37-27(35)19-11-13-21(25(33)15-19)17-31-23-9-7-8-10-24(23)32-18-22-14-12-20(16-26(22)34)28(36)38-30(4,5)6/h7-18,33-34H,1-6H3. The number of carbonyl (C=O) groups is 2. The average Bonchev–Trinajstić information content (AvgIpc) is 2.81. The molecule has 0 heterocycles. The molecule has 0 spiro atoms. The summed E-state index contributed by atoms with van der Waals surface area (Å²) in [6.45, 7) is 10.6. The maximum absolute atomic E-state index is 12.2. The van der Waals surface area contributed by atoms with Crippen molar-refractivity contribution in [2.75, 3.05) is 0 Å². The number of nitrogens with zero attached hydrogens (tertiary/aromatic N) is 2. The highest BCUT2D eigenvalue weighted by Crippen LogP contribution is 2.29. The van der Waals surface area contributed by atoms with Gasteiger partial charge in [-0.25, -0.2) is 9.59 Å². The zero-order valence-electron chi connectivity index (χ0n) is 22.4. The SMILES string of the molecule is CC(C)(C)OC(=O)c1ccc(C=Nc2ccccc2N=Cc2ccc(C(=O)OC(C)(C)C)cc2O)c(O)c1. The molecule has 0 aliphatic carbocycles. The molecule has 2 N–H and O–H groups in total. The van der Waals surface area contributed by atoms with Gasteiger partial charge in [0.2, 0.25) is 0 Å². The van der Waals surface area contributed by atoms with Gasteiger partial charge in [-0.3, -0.25) is 9.98 Å². The number of phenolic OH excluding ortho intramolecular Hbond substituents is 2. The van der Waals surface area contributed by atoms with Crippen molar-refractivity contribution in [3.63, 3.8) is 0 Å². The lowest BCUT2D eigenvalue weighted by Gasteiger charge is -2.19. The highest BCUT2D eigenvalue weighted by atomic mass is 16.6. The molecular weight excluding hydrogens is 484 g/mol. The first-order valence-corrected chi connectivity index (χ1v) is 12.0. The third-order valence-corrected chi connectivity index (χ3v) is 4.90. The zero-order valence-corrected chi connectivity index (χ0v) is 22.4. The molecule has 0 fully saturated rings. The van der Waals surface area contributed by atoms with Crippen molar-refractivity contribution in [2.45, 2.75) is 52.7 Å². The Labute approximate surface area is 222 Å². The lowest BCUT2D eigenvalue weighted by Crippen LogP contribution is -2.23. The van der Waals surface area contributed by atoms with Gasteiger partial charge >= 0.3 is 11.9 Å². The summed E-state index contributed by atoms with van der Waals surface area (Å²) in [4.78, 5) is 33.4. The van der Waals surface area contributed by atoms with Crippen molar-refractivity contribution in [1.29, 1.82) is 0 Å². The molecule has 3 rings (SSSR count). The molecule has 0 radical (unpaired) electrons. The Bertz CT molecular complexity index is 1290. The number of hydrogen-bond acceptors (Lipinski definition) is 8. The fourth-order valence-electron chi connectivity index (χ4n) is 3.19. The molecule has 0 saturated carbocycles. The van der Waals surface area contributed by atoms with Gasteiger partial charge < -0.3 is 19.7 Å². The minimum absolute atomic E-state index is 0.118. The van der Waals surface area contributed by atoms with Crippen LogP contribution in [0.4, 0.5) is 11.4 Å². The molecule has 8 heteroatoms. The van der Waals surface area contributed by atoms with E-state index in [0.29, 0.717) is 22.5 Å². The number of rotatable bonds is 6. The van der Waals surface area contributed by atoms with Gasteiger partial charge in [0.25, 0.3) is 0 Å². The number of hydrogen-bond donors (Lipinski definition) is 2. The molecule has 0 aliphatic rings. The number of para-hydroxylation sites is 2. The highest BCUT2D eigenvalue weighted by molar-refractivity contribution is 5.95. The van der Waals surface area contributed by atoms with Crippen LogP contribution in [-0.2, 0) is 9.47 Å². The smallest absolute Gasteiger partial charge is 0.338 e. The van der Waals surface area contributed by atoms with Gasteiger partial charge in [0.15, 0.2) is 0 Å². The second-order valence-corrected chi connectivity index (χ2v) is 10.6. The summed E-state index contributed by atoms with van der Waals surface area (Å²) in [5.41, 5.74) is 1.03. The molecule has 0 aromatic heterocycles. The van der Waals surface area contributed by atoms with Crippen molar-refractivity contribution in [3.8, 4) is 11.5 Å². The Hall–Kier alpha value is -4.46. The Balaban J connectivity index is 1.78. The molecular formula is C30H32N2O6. The van der Waals surface area contributed by atoms with E-state index in [-0.39, 0.29) is 22.6 Å². The van der Waals surface area contributed by atoms with E-state index in [1.165, 1.54) is 24.6 Å². The second kappa shape index (κ2) is 11.3. The van der Waals surface area contributed by atoms with Crippen LogP contribution in [0.25, 0.3) is 0 Å². The van der Waals surface area contributed by atoms with Crippen LogP contribution in [-0.4, -0.2) is 45.8 Å². The van der Waals surface area contributed by atoms with E-state index in [9.17, 15) is 19.8 Å². The first-order valence-electron chi connectivity index (χ1n) is 12.0. The Morgan fingerprint density at radius 2 is 1.03 bits per heavy atom. The van der Waals surface area contributed by atoms with Crippen LogP contribution >= 0.6 is 0 Å². The second-order valence-electron chi connectivity index (χ2n) is 10.6. The van der Waals surface area contributed by atoms with Crippen molar-refractivity contribution in [2.24, 2.45) is 9.98 Å². The lowest BCUT2D eigenvalue weighted by molar-refractivity contribution is 0.00567. The molecule has 0 unspecified atom stereocenters. The number of ether oxygens (including phenoxy) is 2. The molecule has 0 saturated heterocycles. The monoisotopic (exact) mass is 516 g/mol. The van der Waals surface area contributed by atoms with Gasteiger partial charge in [-0.2, -0.15) is 0 Å². The van der Waals surface area contributed by atoms with Crippen molar-refractivity contribution in [3.05, 3.63) is 82.9 Å². The lowest BCUT2D eigenvalue weighted by atomic mass is 10.1. The van der Waals surface area contributed by atoms with Gasteiger partial charge in [-0.1, -0.05) is 12.1 Å². The van der Waals surface area contributed by atoms with Gasteiger partial charge in [0, 0.05) is 23.6 Å². The number of aliphatic imine (C=N–C) groups is 2. The maximum Gasteiger partial charge on any atom is 0.338 e. The summed E-state index contributed by atoms with van der Waals surface area (Å²) < 4.78 is 10.7. The van der Waals surface area contributed by atoms with E-state index >= 15 is 0 Å². The average molecular weight is 517 g/mol. The Kier molecular flexibility index (Phi) is 8.36. The Morgan fingerprint density at radius 1 is 0.658 bits per heavy atom. The fraction of sp³-hybridized carbons (Fsp3) is 0.267. The molecule has 0 amide bonds. The minimum Gasteiger partial charge on any atom is -0.507 e. The molecule has 3 aromatic carbocycles. The van der Waals surface area contributed by atoms with E-state index < -0.39 is 23.1 Å². The predicted molar refractivity (Wildman–Crippen MR) is 148 cm³/mol. The van der Waals surface area contributed by atoms with Crippen molar-refractivity contribution < 1.29 is 29.3 Å². The summed E-state index contributed by atoms with van der Waals surface area (Å²) >= 11 is 0. The van der Waals surface area contributed by atoms with Gasteiger partial charge in [0.1, 0.15) is 22.7 Å². The molecule has 198 valence electrons. The predicted octanol–water partition coefficient (Wildman–Crippen LogP) is 6.51. The van der Waals surface area contributed by atoms with Gasteiger partial charge in [0.05, 0.1) is 22.5 Å². The number of carbonyl (C=O) groups excluding carboxylic acids is 2. The topological polar surface area (TPSA) is 118 Å². The van der Waals surface area contributed by atoms with E-state index in [2.05, 4.69) is 9.98 Å². The zero-order chi connectivity index (χ0) is 28.1. The van der Waals surface area contributed by atoms with Crippen LogP contribution in [0.15, 0.2) is 70.6 Å². The number of benzene rings is 3. The van der Waals surface area contributed by atoms with Gasteiger partial charge in [-0.15, -0.1) is 0 Å². The summed E-state index contributed by atoms with van der Waals surface area (Å²) in [5.74, 6) is -1.29.